The monoisotopic (exact) mass is 285 g/mol. The Hall–Kier alpha value is -1.68. The van der Waals surface area contributed by atoms with Crippen LogP contribution in [0.3, 0.4) is 0 Å². The zero-order chi connectivity index (χ0) is 14.6. The fourth-order valence-corrected chi connectivity index (χ4v) is 3.85. The third-order valence-corrected chi connectivity index (χ3v) is 4.95. The van der Waals surface area contributed by atoms with Gasteiger partial charge in [0, 0.05) is 18.3 Å². The molecule has 1 saturated heterocycles. The van der Waals surface area contributed by atoms with Crippen molar-refractivity contribution >= 4 is 0 Å². The molecule has 0 spiro atoms. The average Bonchev–Trinajstić information content (AvgIpc) is 3.00. The van der Waals surface area contributed by atoms with E-state index in [1.807, 2.05) is 6.07 Å². The van der Waals surface area contributed by atoms with Crippen molar-refractivity contribution in [3.05, 3.63) is 42.1 Å². The van der Waals surface area contributed by atoms with Crippen LogP contribution in [-0.4, -0.2) is 21.0 Å². The molecule has 1 unspecified atom stereocenters. The summed E-state index contributed by atoms with van der Waals surface area (Å²) in [4.78, 5) is 7.39. The standard InChI is InChI=1S/C17H20FN3/c1-17(2)20-9-4-3-8-15(20)16-19-14(11-21(16)17)12-6-5-7-13(18)10-12/h5-7,10-11,15H,3-4,8-9H2,1-2H3. The van der Waals surface area contributed by atoms with Gasteiger partial charge in [0.05, 0.1) is 17.4 Å². The maximum atomic E-state index is 13.4. The minimum absolute atomic E-state index is 0.0427. The Bertz CT molecular complexity index is 689. The first-order valence-electron chi connectivity index (χ1n) is 7.70. The maximum absolute atomic E-state index is 13.4. The van der Waals surface area contributed by atoms with E-state index >= 15 is 0 Å². The van der Waals surface area contributed by atoms with Gasteiger partial charge in [-0.1, -0.05) is 18.6 Å². The highest BCUT2D eigenvalue weighted by Gasteiger charge is 2.46. The Kier molecular flexibility index (Phi) is 2.73. The molecule has 2 aliphatic rings. The molecule has 0 radical (unpaired) electrons. The van der Waals surface area contributed by atoms with E-state index in [4.69, 9.17) is 4.98 Å². The van der Waals surface area contributed by atoms with Crippen molar-refractivity contribution in [2.75, 3.05) is 6.54 Å². The minimum Gasteiger partial charge on any atom is -0.314 e. The summed E-state index contributed by atoms with van der Waals surface area (Å²) in [5.41, 5.74) is 1.69. The van der Waals surface area contributed by atoms with Crippen molar-refractivity contribution in [1.82, 2.24) is 14.5 Å². The largest absolute Gasteiger partial charge is 0.314 e. The van der Waals surface area contributed by atoms with Gasteiger partial charge < -0.3 is 4.57 Å². The minimum atomic E-state index is -0.209. The molecule has 0 saturated carbocycles. The zero-order valence-corrected chi connectivity index (χ0v) is 12.5. The predicted molar refractivity (Wildman–Crippen MR) is 80.2 cm³/mol. The van der Waals surface area contributed by atoms with Crippen molar-refractivity contribution < 1.29 is 4.39 Å². The molecule has 1 atom stereocenters. The first kappa shape index (κ1) is 13.0. The van der Waals surface area contributed by atoms with Crippen LogP contribution >= 0.6 is 0 Å². The fourth-order valence-electron chi connectivity index (χ4n) is 3.85. The number of nitrogens with zero attached hydrogens (tertiary/aromatic N) is 3. The Morgan fingerprint density at radius 1 is 1.29 bits per heavy atom. The lowest BCUT2D eigenvalue weighted by atomic mass is 10.0. The van der Waals surface area contributed by atoms with Gasteiger partial charge >= 0.3 is 0 Å². The number of fused-ring (bicyclic) bond motifs is 3. The van der Waals surface area contributed by atoms with Gasteiger partial charge in [0.1, 0.15) is 11.6 Å². The van der Waals surface area contributed by atoms with Crippen LogP contribution in [0.25, 0.3) is 11.3 Å². The van der Waals surface area contributed by atoms with Crippen molar-refractivity contribution in [1.29, 1.82) is 0 Å². The molecule has 21 heavy (non-hydrogen) atoms. The van der Waals surface area contributed by atoms with E-state index < -0.39 is 0 Å². The first-order chi connectivity index (χ1) is 10.1. The quantitative estimate of drug-likeness (QED) is 0.791. The van der Waals surface area contributed by atoms with Gasteiger partial charge in [-0.3, -0.25) is 4.90 Å². The summed E-state index contributed by atoms with van der Waals surface area (Å²) in [6.07, 6.45) is 5.78. The van der Waals surface area contributed by atoms with Crippen LogP contribution in [0.15, 0.2) is 30.5 Å². The van der Waals surface area contributed by atoms with Crippen LogP contribution in [0.2, 0.25) is 0 Å². The molecular weight excluding hydrogens is 265 g/mol. The van der Waals surface area contributed by atoms with Crippen molar-refractivity contribution in [3.63, 3.8) is 0 Å². The Morgan fingerprint density at radius 3 is 2.95 bits per heavy atom. The predicted octanol–water partition coefficient (Wildman–Crippen LogP) is 3.92. The molecule has 4 heteroatoms. The molecule has 0 N–H and O–H groups in total. The number of rotatable bonds is 1. The molecule has 0 bridgehead atoms. The van der Waals surface area contributed by atoms with Crippen molar-refractivity contribution in [2.24, 2.45) is 0 Å². The van der Waals surface area contributed by atoms with E-state index in [9.17, 15) is 4.39 Å². The van der Waals surface area contributed by atoms with E-state index in [0.717, 1.165) is 23.6 Å². The van der Waals surface area contributed by atoms with Gasteiger partial charge in [0.2, 0.25) is 0 Å². The first-order valence-corrected chi connectivity index (χ1v) is 7.70. The maximum Gasteiger partial charge on any atom is 0.128 e. The van der Waals surface area contributed by atoms with Gasteiger partial charge in [-0.05, 0) is 38.8 Å². The second kappa shape index (κ2) is 4.41. The molecule has 0 aliphatic carbocycles. The number of piperidine rings is 1. The molecule has 1 aromatic heterocycles. The molecule has 3 heterocycles. The van der Waals surface area contributed by atoms with Crippen LogP contribution in [-0.2, 0) is 5.66 Å². The lowest BCUT2D eigenvalue weighted by Gasteiger charge is -2.38. The number of hydrogen-bond donors (Lipinski definition) is 0. The van der Waals surface area contributed by atoms with Crippen LogP contribution in [0, 0.1) is 5.82 Å². The van der Waals surface area contributed by atoms with Gasteiger partial charge in [-0.15, -0.1) is 0 Å². The van der Waals surface area contributed by atoms with Crippen LogP contribution in [0.1, 0.15) is 45.0 Å². The molecule has 1 fully saturated rings. The summed E-state index contributed by atoms with van der Waals surface area (Å²) in [6.45, 7) is 5.63. The Balaban J connectivity index is 1.80. The number of hydrogen-bond acceptors (Lipinski definition) is 2. The highest BCUT2D eigenvalue weighted by atomic mass is 19.1. The van der Waals surface area contributed by atoms with Gasteiger partial charge in [0.25, 0.3) is 0 Å². The molecule has 2 aromatic rings. The summed E-state index contributed by atoms with van der Waals surface area (Å²) < 4.78 is 15.7. The SMILES string of the molecule is CC1(C)N2CCCCC2c2nc(-c3cccc(F)c3)cn21. The van der Waals surface area contributed by atoms with Gasteiger partial charge in [-0.2, -0.15) is 0 Å². The molecule has 110 valence electrons. The number of benzene rings is 1. The zero-order valence-electron chi connectivity index (χ0n) is 12.5. The molecule has 3 nitrogen and oxygen atoms in total. The highest BCUT2D eigenvalue weighted by Crippen LogP contribution is 2.45. The number of aromatic nitrogens is 2. The number of halogens is 1. The van der Waals surface area contributed by atoms with Crippen LogP contribution in [0.5, 0.6) is 0 Å². The summed E-state index contributed by atoms with van der Waals surface area (Å²) >= 11 is 0. The third kappa shape index (κ3) is 1.85. The van der Waals surface area contributed by atoms with Gasteiger partial charge in [0.15, 0.2) is 0 Å². The second-order valence-corrected chi connectivity index (χ2v) is 6.56. The molecule has 0 amide bonds. The average molecular weight is 285 g/mol. The summed E-state index contributed by atoms with van der Waals surface area (Å²) in [5.74, 6) is 0.929. The summed E-state index contributed by atoms with van der Waals surface area (Å²) in [5, 5.41) is 0. The molecule has 4 rings (SSSR count). The van der Waals surface area contributed by atoms with E-state index in [2.05, 4.69) is 29.5 Å². The highest BCUT2D eigenvalue weighted by molar-refractivity contribution is 5.59. The fraction of sp³-hybridized carbons (Fsp3) is 0.471. The topological polar surface area (TPSA) is 21.1 Å². The van der Waals surface area contributed by atoms with Crippen LogP contribution < -0.4 is 0 Å². The molecular formula is C17H20FN3. The Labute approximate surface area is 124 Å². The van der Waals surface area contributed by atoms with Crippen LogP contribution in [0.4, 0.5) is 4.39 Å². The van der Waals surface area contributed by atoms with E-state index in [1.54, 1.807) is 12.1 Å². The summed E-state index contributed by atoms with van der Waals surface area (Å²) in [7, 11) is 0. The van der Waals surface area contributed by atoms with Gasteiger partial charge in [-0.25, -0.2) is 9.37 Å². The lowest BCUT2D eigenvalue weighted by Crippen LogP contribution is -2.43. The third-order valence-electron chi connectivity index (χ3n) is 4.95. The van der Waals surface area contributed by atoms with Crippen molar-refractivity contribution in [2.45, 2.75) is 44.8 Å². The molecule has 1 aromatic carbocycles. The summed E-state index contributed by atoms with van der Waals surface area (Å²) in [6, 6.07) is 7.11. The second-order valence-electron chi connectivity index (χ2n) is 6.56. The Morgan fingerprint density at radius 2 is 2.14 bits per heavy atom. The van der Waals surface area contributed by atoms with E-state index in [-0.39, 0.29) is 11.5 Å². The lowest BCUT2D eigenvalue weighted by molar-refractivity contribution is 0.0297. The smallest absolute Gasteiger partial charge is 0.128 e. The van der Waals surface area contributed by atoms with E-state index in [1.165, 1.54) is 25.3 Å². The van der Waals surface area contributed by atoms with E-state index in [0.29, 0.717) is 6.04 Å². The normalized spacial score (nSPS) is 23.9. The van der Waals surface area contributed by atoms with Crippen molar-refractivity contribution in [3.8, 4) is 11.3 Å². The molecule has 2 aliphatic heterocycles. The number of imidazole rings is 1.